The fourth-order valence-corrected chi connectivity index (χ4v) is 3.04. The summed E-state index contributed by atoms with van der Waals surface area (Å²) in [5, 5.41) is 12.3. The van der Waals surface area contributed by atoms with Crippen molar-refractivity contribution in [1.82, 2.24) is 5.32 Å². The van der Waals surface area contributed by atoms with Crippen molar-refractivity contribution in [2.75, 3.05) is 20.8 Å². The summed E-state index contributed by atoms with van der Waals surface area (Å²) in [4.78, 5) is 11.0. The van der Waals surface area contributed by atoms with Crippen LogP contribution in [0.5, 0.6) is 11.5 Å². The Balaban J connectivity index is 2.31. The van der Waals surface area contributed by atoms with Crippen molar-refractivity contribution in [2.24, 2.45) is 5.92 Å². The number of halogens is 1. The Hall–Kier alpha value is -1.27. The molecule has 5 nitrogen and oxygen atoms in total. The second-order valence-electron chi connectivity index (χ2n) is 4.44. The molecule has 0 spiro atoms. The van der Waals surface area contributed by atoms with E-state index in [4.69, 9.17) is 14.6 Å². The van der Waals surface area contributed by atoms with Gasteiger partial charge in [0.2, 0.25) is 0 Å². The van der Waals surface area contributed by atoms with E-state index in [1.165, 1.54) is 0 Å². The molecule has 1 saturated heterocycles. The predicted octanol–water partition coefficient (Wildman–Crippen LogP) is 2.20. The van der Waals surface area contributed by atoms with E-state index in [1.807, 2.05) is 12.1 Å². The van der Waals surface area contributed by atoms with Crippen LogP contribution in [0.4, 0.5) is 0 Å². The summed E-state index contributed by atoms with van der Waals surface area (Å²) in [7, 11) is 3.18. The highest BCUT2D eigenvalue weighted by molar-refractivity contribution is 9.10. The summed E-state index contributed by atoms with van der Waals surface area (Å²) < 4.78 is 11.4. The fraction of sp³-hybridized carbons (Fsp3) is 0.462. The van der Waals surface area contributed by atoms with Crippen molar-refractivity contribution < 1.29 is 19.4 Å². The Morgan fingerprint density at radius 1 is 1.42 bits per heavy atom. The second-order valence-corrected chi connectivity index (χ2v) is 5.23. The molecule has 19 heavy (non-hydrogen) atoms. The Morgan fingerprint density at radius 3 is 2.68 bits per heavy atom. The molecule has 0 aromatic heterocycles. The predicted molar refractivity (Wildman–Crippen MR) is 73.7 cm³/mol. The number of hydrogen-bond acceptors (Lipinski definition) is 4. The van der Waals surface area contributed by atoms with E-state index >= 15 is 0 Å². The molecule has 0 radical (unpaired) electrons. The van der Waals surface area contributed by atoms with Gasteiger partial charge in [-0.15, -0.1) is 0 Å². The van der Waals surface area contributed by atoms with E-state index in [9.17, 15) is 4.79 Å². The number of carboxylic acid groups (broad SMARTS) is 1. The minimum absolute atomic E-state index is 0.0155. The average Bonchev–Trinajstić information content (AvgIpc) is 2.87. The van der Waals surface area contributed by atoms with Gasteiger partial charge < -0.3 is 19.9 Å². The van der Waals surface area contributed by atoms with Gasteiger partial charge in [-0.25, -0.2) is 0 Å². The van der Waals surface area contributed by atoms with Crippen LogP contribution >= 0.6 is 15.9 Å². The van der Waals surface area contributed by atoms with Crippen molar-refractivity contribution in [3.63, 3.8) is 0 Å². The Kier molecular flexibility index (Phi) is 4.31. The van der Waals surface area contributed by atoms with Crippen LogP contribution in [0.2, 0.25) is 0 Å². The van der Waals surface area contributed by atoms with E-state index in [0.29, 0.717) is 24.5 Å². The van der Waals surface area contributed by atoms with Crippen molar-refractivity contribution >= 4 is 21.9 Å². The van der Waals surface area contributed by atoms with E-state index in [0.717, 1.165) is 10.0 Å². The molecule has 1 aromatic carbocycles. The molecule has 2 rings (SSSR count). The van der Waals surface area contributed by atoms with Crippen molar-refractivity contribution in [1.29, 1.82) is 0 Å². The molecule has 1 aromatic rings. The highest BCUT2D eigenvalue weighted by Gasteiger charge is 2.32. The molecular formula is C13H16BrNO4. The molecule has 0 amide bonds. The van der Waals surface area contributed by atoms with E-state index in [1.54, 1.807) is 14.2 Å². The van der Waals surface area contributed by atoms with Crippen LogP contribution in [0.3, 0.4) is 0 Å². The topological polar surface area (TPSA) is 67.8 Å². The lowest BCUT2D eigenvalue weighted by molar-refractivity contribution is -0.141. The molecule has 104 valence electrons. The lowest BCUT2D eigenvalue weighted by Gasteiger charge is -2.18. The van der Waals surface area contributed by atoms with Gasteiger partial charge in [0.05, 0.1) is 20.1 Å². The lowest BCUT2D eigenvalue weighted by atomic mass is 9.99. The van der Waals surface area contributed by atoms with E-state index in [-0.39, 0.29) is 12.0 Å². The largest absolute Gasteiger partial charge is 0.495 e. The zero-order valence-electron chi connectivity index (χ0n) is 10.8. The number of benzene rings is 1. The number of ether oxygens (including phenoxy) is 2. The maximum absolute atomic E-state index is 11.0. The molecular weight excluding hydrogens is 314 g/mol. The number of carboxylic acids is 1. The molecule has 2 N–H and O–H groups in total. The van der Waals surface area contributed by atoms with Gasteiger partial charge in [0, 0.05) is 18.2 Å². The van der Waals surface area contributed by atoms with Gasteiger partial charge in [-0.1, -0.05) is 0 Å². The van der Waals surface area contributed by atoms with Crippen LogP contribution in [-0.2, 0) is 4.79 Å². The first kappa shape index (κ1) is 14.1. The van der Waals surface area contributed by atoms with Gasteiger partial charge in [0.25, 0.3) is 0 Å². The number of nitrogens with one attached hydrogen (secondary N) is 1. The standard InChI is InChI=1S/C13H16BrNO4/c1-18-10-4-3-8(12(19-2)11(10)14)9-5-7(6-15-9)13(16)17/h3-4,7,9,15H,5-6H2,1-2H3,(H,16,17). The zero-order valence-corrected chi connectivity index (χ0v) is 12.4. The normalized spacial score (nSPS) is 22.3. The third kappa shape index (κ3) is 2.69. The van der Waals surface area contributed by atoms with Crippen LogP contribution in [-0.4, -0.2) is 31.8 Å². The van der Waals surface area contributed by atoms with Crippen LogP contribution in [0.15, 0.2) is 16.6 Å². The van der Waals surface area contributed by atoms with Crippen molar-refractivity contribution in [2.45, 2.75) is 12.5 Å². The molecule has 2 atom stereocenters. The first-order chi connectivity index (χ1) is 9.08. The molecule has 0 saturated carbocycles. The SMILES string of the molecule is COc1ccc(C2CC(C(=O)O)CN2)c(OC)c1Br. The molecule has 6 heteroatoms. The van der Waals surface area contributed by atoms with Gasteiger partial charge in [-0.05, 0) is 34.5 Å². The molecule has 1 aliphatic heterocycles. The lowest BCUT2D eigenvalue weighted by Crippen LogP contribution is -2.17. The number of methoxy groups -OCH3 is 2. The summed E-state index contributed by atoms with van der Waals surface area (Å²) in [6.45, 7) is 0.479. The number of aliphatic carboxylic acids is 1. The fourth-order valence-electron chi connectivity index (χ4n) is 2.35. The summed E-state index contributed by atoms with van der Waals surface area (Å²) in [6, 6.07) is 3.74. The Labute approximate surface area is 120 Å². The minimum atomic E-state index is -0.762. The molecule has 1 aliphatic rings. The van der Waals surface area contributed by atoms with E-state index < -0.39 is 5.97 Å². The Morgan fingerprint density at radius 2 is 2.16 bits per heavy atom. The maximum Gasteiger partial charge on any atom is 0.307 e. The number of rotatable bonds is 4. The molecule has 2 unspecified atom stereocenters. The molecule has 0 bridgehead atoms. The van der Waals surface area contributed by atoms with Crippen LogP contribution < -0.4 is 14.8 Å². The summed E-state index contributed by atoms with van der Waals surface area (Å²) >= 11 is 3.45. The summed E-state index contributed by atoms with van der Waals surface area (Å²) in [5.41, 5.74) is 0.943. The van der Waals surface area contributed by atoms with Crippen molar-refractivity contribution in [3.05, 3.63) is 22.2 Å². The van der Waals surface area contributed by atoms with Crippen LogP contribution in [0.25, 0.3) is 0 Å². The average molecular weight is 330 g/mol. The van der Waals surface area contributed by atoms with Gasteiger partial charge in [0.1, 0.15) is 16.0 Å². The molecule has 0 aliphatic carbocycles. The Bertz CT molecular complexity index is 492. The number of carbonyl (C=O) groups is 1. The molecule has 1 heterocycles. The number of hydrogen-bond donors (Lipinski definition) is 2. The molecule has 1 fully saturated rings. The highest BCUT2D eigenvalue weighted by atomic mass is 79.9. The summed E-state index contributed by atoms with van der Waals surface area (Å²) in [6.07, 6.45) is 0.560. The summed E-state index contributed by atoms with van der Waals surface area (Å²) in [5.74, 6) is 0.258. The first-order valence-electron chi connectivity index (χ1n) is 5.95. The third-order valence-electron chi connectivity index (χ3n) is 3.37. The van der Waals surface area contributed by atoms with Gasteiger partial charge >= 0.3 is 5.97 Å². The smallest absolute Gasteiger partial charge is 0.307 e. The first-order valence-corrected chi connectivity index (χ1v) is 6.74. The van der Waals surface area contributed by atoms with Crippen molar-refractivity contribution in [3.8, 4) is 11.5 Å². The zero-order chi connectivity index (χ0) is 14.0. The minimum Gasteiger partial charge on any atom is -0.495 e. The van der Waals surface area contributed by atoms with Crippen LogP contribution in [0.1, 0.15) is 18.0 Å². The van der Waals surface area contributed by atoms with Gasteiger partial charge in [-0.2, -0.15) is 0 Å². The highest BCUT2D eigenvalue weighted by Crippen LogP contribution is 2.42. The third-order valence-corrected chi connectivity index (χ3v) is 4.12. The van der Waals surface area contributed by atoms with E-state index in [2.05, 4.69) is 21.2 Å². The second kappa shape index (κ2) is 5.79. The monoisotopic (exact) mass is 329 g/mol. The quantitative estimate of drug-likeness (QED) is 0.886. The maximum atomic E-state index is 11.0. The van der Waals surface area contributed by atoms with Gasteiger partial charge in [0.15, 0.2) is 0 Å². The van der Waals surface area contributed by atoms with Crippen LogP contribution in [0, 0.1) is 5.92 Å². The van der Waals surface area contributed by atoms with Gasteiger partial charge in [-0.3, -0.25) is 4.79 Å².